The van der Waals surface area contributed by atoms with Gasteiger partial charge < -0.3 is 15.6 Å². The first-order valence-electron chi connectivity index (χ1n) is 5.22. The summed E-state index contributed by atoms with van der Waals surface area (Å²) < 4.78 is 7.24. The van der Waals surface area contributed by atoms with Crippen LogP contribution in [0.5, 0.6) is 0 Å². The quantitative estimate of drug-likeness (QED) is 0.782. The van der Waals surface area contributed by atoms with Crippen LogP contribution in [0.25, 0.3) is 11.2 Å². The predicted octanol–water partition coefficient (Wildman–Crippen LogP) is 0.642. The number of aliphatic hydroxyl groups is 1. The molecule has 1 saturated heterocycles. The second-order valence-corrected chi connectivity index (χ2v) is 5.43. The minimum atomic E-state index is -0.220. The van der Waals surface area contributed by atoms with Gasteiger partial charge in [0.15, 0.2) is 10.8 Å². The number of hydrogen-bond donors (Lipinski definition) is 2. The van der Waals surface area contributed by atoms with Gasteiger partial charge in [-0.1, -0.05) is 11.6 Å². The van der Waals surface area contributed by atoms with Gasteiger partial charge in [0.25, 0.3) is 0 Å². The van der Waals surface area contributed by atoms with E-state index >= 15 is 0 Å². The number of anilines is 1. The zero-order valence-corrected chi connectivity index (χ0v) is 10.7. The number of nitrogen functional groups attached to an aromatic ring is 1. The van der Waals surface area contributed by atoms with Crippen LogP contribution in [-0.2, 0) is 4.74 Å². The SMILES string of the molecule is Nc1nc(Cl)c2ncn(C3COC(CO)S3)c2n1. The number of nitrogens with two attached hydrogens (primary N) is 1. The van der Waals surface area contributed by atoms with Gasteiger partial charge in [-0.25, -0.2) is 4.98 Å². The van der Waals surface area contributed by atoms with Crippen LogP contribution >= 0.6 is 23.4 Å². The van der Waals surface area contributed by atoms with E-state index in [-0.39, 0.29) is 28.5 Å². The number of rotatable bonds is 2. The molecule has 2 aromatic rings. The average molecular weight is 288 g/mol. The molecule has 96 valence electrons. The number of halogens is 1. The Morgan fingerprint density at radius 2 is 2.44 bits per heavy atom. The molecular formula is C9H10ClN5O2S. The Bertz CT molecular complexity index is 592. The van der Waals surface area contributed by atoms with Crippen LogP contribution in [0.15, 0.2) is 6.33 Å². The highest BCUT2D eigenvalue weighted by molar-refractivity contribution is 8.00. The number of aliphatic hydroxyl groups excluding tert-OH is 1. The number of hydrogen-bond acceptors (Lipinski definition) is 7. The topological polar surface area (TPSA) is 99.1 Å². The van der Waals surface area contributed by atoms with E-state index in [1.165, 1.54) is 11.8 Å². The maximum atomic E-state index is 9.05. The fourth-order valence-electron chi connectivity index (χ4n) is 1.79. The Labute approximate surface area is 111 Å². The van der Waals surface area contributed by atoms with Crippen molar-refractivity contribution >= 4 is 40.5 Å². The van der Waals surface area contributed by atoms with Crippen molar-refractivity contribution in [3.63, 3.8) is 0 Å². The minimum Gasteiger partial charge on any atom is -0.393 e. The van der Waals surface area contributed by atoms with Gasteiger partial charge in [-0.2, -0.15) is 9.97 Å². The molecule has 3 rings (SSSR count). The van der Waals surface area contributed by atoms with E-state index in [4.69, 9.17) is 27.2 Å². The number of nitrogens with zero attached hydrogens (tertiary/aromatic N) is 4. The lowest BCUT2D eigenvalue weighted by Crippen LogP contribution is -2.06. The van der Waals surface area contributed by atoms with Crippen molar-refractivity contribution in [2.45, 2.75) is 10.8 Å². The summed E-state index contributed by atoms with van der Waals surface area (Å²) in [5.41, 5.74) is 6.45. The summed E-state index contributed by atoms with van der Waals surface area (Å²) in [7, 11) is 0. The molecule has 1 aliphatic rings. The van der Waals surface area contributed by atoms with Crippen molar-refractivity contribution in [1.82, 2.24) is 19.5 Å². The Morgan fingerprint density at radius 1 is 1.61 bits per heavy atom. The van der Waals surface area contributed by atoms with E-state index in [1.54, 1.807) is 6.33 Å². The fourth-order valence-corrected chi connectivity index (χ4v) is 3.05. The highest BCUT2D eigenvalue weighted by Crippen LogP contribution is 2.37. The van der Waals surface area contributed by atoms with E-state index in [0.717, 1.165) is 0 Å². The highest BCUT2D eigenvalue weighted by atomic mass is 35.5. The number of aromatic nitrogens is 4. The molecular weight excluding hydrogens is 278 g/mol. The predicted molar refractivity (Wildman–Crippen MR) is 68.2 cm³/mol. The standard InChI is InChI=1S/C9H10ClN5O2S/c10-7-6-8(14-9(11)13-7)15(3-12-6)4-2-17-5(1-16)18-4/h3-5,16H,1-2H2,(H2,11,13,14). The summed E-state index contributed by atoms with van der Waals surface area (Å²) in [5.74, 6) is 0.108. The Hall–Kier alpha value is -1.09. The van der Waals surface area contributed by atoms with Gasteiger partial charge in [-0.3, -0.25) is 4.57 Å². The van der Waals surface area contributed by atoms with Crippen LogP contribution in [0.4, 0.5) is 5.95 Å². The molecule has 0 aliphatic carbocycles. The first-order chi connectivity index (χ1) is 8.69. The van der Waals surface area contributed by atoms with Crippen molar-refractivity contribution in [2.75, 3.05) is 18.9 Å². The molecule has 0 amide bonds. The van der Waals surface area contributed by atoms with Gasteiger partial charge in [-0.15, -0.1) is 11.8 Å². The van der Waals surface area contributed by atoms with Crippen LogP contribution in [0.1, 0.15) is 5.37 Å². The lowest BCUT2D eigenvalue weighted by Gasteiger charge is -2.09. The molecule has 18 heavy (non-hydrogen) atoms. The fraction of sp³-hybridized carbons (Fsp3) is 0.444. The van der Waals surface area contributed by atoms with Gasteiger partial charge >= 0.3 is 0 Å². The molecule has 0 saturated carbocycles. The molecule has 2 atom stereocenters. The summed E-state index contributed by atoms with van der Waals surface area (Å²) >= 11 is 7.45. The molecule has 0 radical (unpaired) electrons. The first kappa shape index (κ1) is 12.0. The molecule has 9 heteroatoms. The Kier molecular flexibility index (Phi) is 3.02. The van der Waals surface area contributed by atoms with Crippen molar-refractivity contribution in [3.05, 3.63) is 11.5 Å². The molecule has 1 aliphatic heterocycles. The van der Waals surface area contributed by atoms with Crippen LogP contribution in [0.3, 0.4) is 0 Å². The van der Waals surface area contributed by atoms with Crippen LogP contribution in [0, 0.1) is 0 Å². The van der Waals surface area contributed by atoms with Crippen molar-refractivity contribution in [2.24, 2.45) is 0 Å². The third-order valence-corrected chi connectivity index (χ3v) is 4.12. The largest absolute Gasteiger partial charge is 0.393 e. The molecule has 2 aromatic heterocycles. The maximum Gasteiger partial charge on any atom is 0.223 e. The van der Waals surface area contributed by atoms with Crippen molar-refractivity contribution in [1.29, 1.82) is 0 Å². The van der Waals surface area contributed by atoms with Crippen LogP contribution in [-0.4, -0.2) is 43.3 Å². The van der Waals surface area contributed by atoms with Gasteiger partial charge in [-0.05, 0) is 0 Å². The maximum absolute atomic E-state index is 9.05. The normalized spacial score (nSPS) is 23.9. The van der Waals surface area contributed by atoms with Crippen molar-refractivity contribution in [3.8, 4) is 0 Å². The van der Waals surface area contributed by atoms with E-state index in [2.05, 4.69) is 15.0 Å². The molecule has 0 bridgehead atoms. The smallest absolute Gasteiger partial charge is 0.223 e. The molecule has 3 heterocycles. The number of thioether (sulfide) groups is 1. The lowest BCUT2D eigenvalue weighted by molar-refractivity contribution is 0.0810. The molecule has 0 spiro atoms. The summed E-state index contributed by atoms with van der Waals surface area (Å²) in [6, 6.07) is 0. The molecule has 2 unspecified atom stereocenters. The lowest BCUT2D eigenvalue weighted by atomic mass is 10.5. The summed E-state index contributed by atoms with van der Waals surface area (Å²) in [6.45, 7) is 0.453. The Morgan fingerprint density at radius 3 is 3.17 bits per heavy atom. The third kappa shape index (κ3) is 1.91. The first-order valence-corrected chi connectivity index (χ1v) is 6.54. The van der Waals surface area contributed by atoms with E-state index < -0.39 is 0 Å². The number of fused-ring (bicyclic) bond motifs is 1. The van der Waals surface area contributed by atoms with E-state index in [9.17, 15) is 0 Å². The number of imidazole rings is 1. The number of ether oxygens (including phenoxy) is 1. The van der Waals surface area contributed by atoms with Crippen LogP contribution in [0.2, 0.25) is 5.15 Å². The van der Waals surface area contributed by atoms with Gasteiger partial charge in [0.05, 0.1) is 19.5 Å². The minimum absolute atomic E-state index is 0.00230. The van der Waals surface area contributed by atoms with Crippen LogP contribution < -0.4 is 5.73 Å². The Balaban J connectivity index is 2.03. The van der Waals surface area contributed by atoms with Gasteiger partial charge in [0, 0.05) is 0 Å². The summed E-state index contributed by atoms with van der Waals surface area (Å²) in [5, 5.41) is 9.28. The second kappa shape index (κ2) is 4.54. The summed E-state index contributed by atoms with van der Waals surface area (Å²) in [4.78, 5) is 12.2. The third-order valence-electron chi connectivity index (χ3n) is 2.59. The van der Waals surface area contributed by atoms with Gasteiger partial charge in [0.1, 0.15) is 16.3 Å². The molecule has 7 nitrogen and oxygen atoms in total. The highest BCUT2D eigenvalue weighted by Gasteiger charge is 2.28. The molecule has 1 fully saturated rings. The van der Waals surface area contributed by atoms with Gasteiger partial charge in [0.2, 0.25) is 5.95 Å². The second-order valence-electron chi connectivity index (χ2n) is 3.73. The monoisotopic (exact) mass is 287 g/mol. The summed E-state index contributed by atoms with van der Waals surface area (Å²) in [6.07, 6.45) is 1.63. The average Bonchev–Trinajstić information content (AvgIpc) is 2.93. The zero-order valence-electron chi connectivity index (χ0n) is 9.15. The molecule has 3 N–H and O–H groups in total. The van der Waals surface area contributed by atoms with E-state index in [1.807, 2.05) is 4.57 Å². The van der Waals surface area contributed by atoms with Crippen molar-refractivity contribution < 1.29 is 9.84 Å². The van der Waals surface area contributed by atoms with E-state index in [0.29, 0.717) is 17.8 Å². The molecule has 0 aromatic carbocycles. The zero-order chi connectivity index (χ0) is 12.7.